The Kier molecular flexibility index (Phi) is 6.67. The van der Waals surface area contributed by atoms with E-state index < -0.39 is 0 Å². The van der Waals surface area contributed by atoms with Gasteiger partial charge in [-0.3, -0.25) is 9.59 Å². The minimum Gasteiger partial charge on any atom is -0.342 e. The second-order valence-electron chi connectivity index (χ2n) is 13.9. The molecule has 0 aromatic heterocycles. The lowest BCUT2D eigenvalue weighted by molar-refractivity contribution is -0.169. The molecule has 1 saturated heterocycles. The molecule has 8 atom stereocenters. The van der Waals surface area contributed by atoms with E-state index in [9.17, 15) is 9.59 Å². The minimum atomic E-state index is -0.0810. The molecule has 3 unspecified atom stereocenters. The molecule has 2 aromatic carbocycles. The van der Waals surface area contributed by atoms with Crippen molar-refractivity contribution in [2.24, 2.45) is 40.4 Å². The lowest BCUT2D eigenvalue weighted by Gasteiger charge is -2.63. The van der Waals surface area contributed by atoms with Gasteiger partial charge < -0.3 is 9.80 Å². The average molecular weight is 527 g/mol. The summed E-state index contributed by atoms with van der Waals surface area (Å²) in [4.78, 5) is 31.2. The van der Waals surface area contributed by atoms with Crippen LogP contribution in [0.1, 0.15) is 82.9 Å². The Labute approximate surface area is 235 Å². The molecule has 3 saturated carbocycles. The highest BCUT2D eigenvalue weighted by Gasteiger charge is 2.64. The lowest BCUT2D eigenvalue weighted by atomic mass is 9.44. The second kappa shape index (κ2) is 9.78. The molecule has 0 N–H and O–H groups in total. The fourth-order valence-electron chi connectivity index (χ4n) is 10.2. The summed E-state index contributed by atoms with van der Waals surface area (Å²) in [5, 5.41) is 0. The van der Waals surface area contributed by atoms with E-state index in [0.29, 0.717) is 47.9 Å². The number of likely N-dealkylation sites (tertiary alicyclic amines) is 1. The van der Waals surface area contributed by atoms with Gasteiger partial charge in [-0.2, -0.15) is 0 Å². The zero-order chi connectivity index (χ0) is 27.5. The molecule has 1 aliphatic heterocycles. The van der Waals surface area contributed by atoms with Gasteiger partial charge in [-0.05, 0) is 84.2 Å². The predicted molar refractivity (Wildman–Crippen MR) is 156 cm³/mol. The first-order valence-corrected chi connectivity index (χ1v) is 15.3. The van der Waals surface area contributed by atoms with Crippen molar-refractivity contribution in [1.82, 2.24) is 9.80 Å². The quantitative estimate of drug-likeness (QED) is 0.432. The molecule has 4 aliphatic rings. The van der Waals surface area contributed by atoms with Gasteiger partial charge in [0.05, 0.1) is 6.04 Å². The molecule has 208 valence electrons. The number of carbonyl (C=O) groups is 2. The van der Waals surface area contributed by atoms with Gasteiger partial charge in [0.15, 0.2) is 0 Å². The zero-order valence-corrected chi connectivity index (χ0v) is 24.5. The third-order valence-corrected chi connectivity index (χ3v) is 12.2. The molecule has 0 bridgehead atoms. The van der Waals surface area contributed by atoms with Crippen LogP contribution in [0, 0.1) is 40.4 Å². The number of fused-ring (bicyclic) bond motifs is 5. The van der Waals surface area contributed by atoms with Gasteiger partial charge in [-0.1, -0.05) is 81.4 Å². The number of rotatable bonds is 4. The molecule has 6 rings (SSSR count). The number of carbonyl (C=O) groups excluding carboxylic acids is 2. The van der Waals surface area contributed by atoms with Gasteiger partial charge in [0, 0.05) is 32.5 Å². The number of amides is 2. The van der Waals surface area contributed by atoms with Crippen LogP contribution in [0.2, 0.25) is 0 Å². The van der Waals surface area contributed by atoms with Crippen molar-refractivity contribution >= 4 is 11.8 Å². The molecule has 3 aliphatic carbocycles. The van der Waals surface area contributed by atoms with E-state index >= 15 is 0 Å². The molecule has 39 heavy (non-hydrogen) atoms. The first kappa shape index (κ1) is 26.6. The number of benzene rings is 2. The minimum absolute atomic E-state index is 0.0400. The summed E-state index contributed by atoms with van der Waals surface area (Å²) in [7, 11) is 4.07. The third-order valence-electron chi connectivity index (χ3n) is 12.2. The summed E-state index contributed by atoms with van der Waals surface area (Å²) < 4.78 is 0. The SMILES string of the molecule is CC1CC2N(C)C(=O)CC[C@]2(C)[C@@H]2CC[C@]3(C)C(C(=O)N(C)C(c4ccccc4)c4ccccc4)CC[C@H]3[C@H]12. The van der Waals surface area contributed by atoms with Gasteiger partial charge in [-0.25, -0.2) is 0 Å². The van der Waals surface area contributed by atoms with Gasteiger partial charge in [0.25, 0.3) is 0 Å². The van der Waals surface area contributed by atoms with E-state index in [1.165, 1.54) is 17.5 Å². The van der Waals surface area contributed by atoms with E-state index in [0.717, 1.165) is 32.1 Å². The Morgan fingerprint density at radius 1 is 0.897 bits per heavy atom. The van der Waals surface area contributed by atoms with Crippen LogP contribution >= 0.6 is 0 Å². The maximum absolute atomic E-state index is 14.5. The summed E-state index contributed by atoms with van der Waals surface area (Å²) in [6.45, 7) is 7.38. The summed E-state index contributed by atoms with van der Waals surface area (Å²) in [6.07, 6.45) is 7.28. The molecule has 4 heteroatoms. The number of piperidine rings is 1. The summed E-state index contributed by atoms with van der Waals surface area (Å²) >= 11 is 0. The Morgan fingerprint density at radius 3 is 2.10 bits per heavy atom. The van der Waals surface area contributed by atoms with Gasteiger partial charge in [-0.15, -0.1) is 0 Å². The van der Waals surface area contributed by atoms with Crippen molar-refractivity contribution in [3.05, 3.63) is 71.8 Å². The average Bonchev–Trinajstić information content (AvgIpc) is 3.30. The first-order chi connectivity index (χ1) is 18.7. The summed E-state index contributed by atoms with van der Waals surface area (Å²) in [6, 6.07) is 21.3. The Hall–Kier alpha value is -2.62. The predicted octanol–water partition coefficient (Wildman–Crippen LogP) is 6.96. The molecule has 1 heterocycles. The zero-order valence-electron chi connectivity index (χ0n) is 24.5. The van der Waals surface area contributed by atoms with Gasteiger partial charge >= 0.3 is 0 Å². The van der Waals surface area contributed by atoms with Crippen LogP contribution in [-0.2, 0) is 9.59 Å². The van der Waals surface area contributed by atoms with Gasteiger partial charge in [0.1, 0.15) is 0 Å². The summed E-state index contributed by atoms with van der Waals surface area (Å²) in [5.41, 5.74) is 2.57. The highest BCUT2D eigenvalue weighted by Crippen LogP contribution is 2.67. The molecule has 4 fully saturated rings. The van der Waals surface area contributed by atoms with E-state index in [1.807, 2.05) is 26.2 Å². The van der Waals surface area contributed by atoms with Crippen LogP contribution in [0.15, 0.2) is 60.7 Å². The van der Waals surface area contributed by atoms with Gasteiger partial charge in [0.2, 0.25) is 11.8 Å². The summed E-state index contributed by atoms with van der Waals surface area (Å²) in [5.74, 6) is 3.16. The largest absolute Gasteiger partial charge is 0.342 e. The van der Waals surface area contributed by atoms with Crippen LogP contribution in [0.25, 0.3) is 0 Å². The second-order valence-corrected chi connectivity index (χ2v) is 13.9. The highest BCUT2D eigenvalue weighted by molar-refractivity contribution is 5.81. The van der Waals surface area contributed by atoms with E-state index in [4.69, 9.17) is 0 Å². The Bertz CT molecular complexity index is 1170. The third kappa shape index (κ3) is 4.07. The molecule has 2 amide bonds. The van der Waals surface area contributed by atoms with Crippen molar-refractivity contribution in [3.63, 3.8) is 0 Å². The van der Waals surface area contributed by atoms with E-state index in [-0.39, 0.29) is 22.8 Å². The molecule has 2 aromatic rings. The van der Waals surface area contributed by atoms with Crippen LogP contribution in [0.5, 0.6) is 0 Å². The smallest absolute Gasteiger partial charge is 0.226 e. The standard InChI is InChI=1S/C35H46N2O2/c1-23-22-29-35(3,21-19-30(38)36(29)4)27-18-20-34(2)26(31(23)27)16-17-28(34)33(39)37(5)32(24-12-8-6-9-13-24)25-14-10-7-11-15-25/h6-15,23,26-29,31-32H,16-22H2,1-5H3/t23?,26-,27+,28?,29?,31-,34-,35+/m0/s1. The number of hydrogen-bond acceptors (Lipinski definition) is 2. The molecule has 0 radical (unpaired) electrons. The fourth-order valence-corrected chi connectivity index (χ4v) is 10.2. The molecular weight excluding hydrogens is 480 g/mol. The van der Waals surface area contributed by atoms with Crippen molar-refractivity contribution < 1.29 is 9.59 Å². The fraction of sp³-hybridized carbons (Fsp3) is 0.600. The number of hydrogen-bond donors (Lipinski definition) is 0. The van der Waals surface area contributed by atoms with Crippen LogP contribution in [0.3, 0.4) is 0 Å². The Balaban J connectivity index is 1.29. The topological polar surface area (TPSA) is 40.6 Å². The van der Waals surface area contributed by atoms with Crippen molar-refractivity contribution in [2.75, 3.05) is 14.1 Å². The normalized spacial score (nSPS) is 37.7. The first-order valence-electron chi connectivity index (χ1n) is 15.3. The van der Waals surface area contributed by atoms with Crippen molar-refractivity contribution in [1.29, 1.82) is 0 Å². The number of nitrogens with zero attached hydrogens (tertiary/aromatic N) is 2. The van der Waals surface area contributed by atoms with Crippen molar-refractivity contribution in [3.8, 4) is 0 Å². The molecule has 0 spiro atoms. The van der Waals surface area contributed by atoms with Crippen LogP contribution in [0.4, 0.5) is 0 Å². The van der Waals surface area contributed by atoms with Crippen LogP contribution < -0.4 is 0 Å². The Morgan fingerprint density at radius 2 is 1.49 bits per heavy atom. The van der Waals surface area contributed by atoms with Crippen molar-refractivity contribution in [2.45, 2.75) is 77.8 Å². The molecule has 4 nitrogen and oxygen atoms in total. The van der Waals surface area contributed by atoms with E-state index in [2.05, 4.69) is 79.1 Å². The maximum atomic E-state index is 14.5. The molecular formula is C35H46N2O2. The van der Waals surface area contributed by atoms with Crippen LogP contribution in [-0.4, -0.2) is 41.8 Å². The maximum Gasteiger partial charge on any atom is 0.226 e. The highest BCUT2D eigenvalue weighted by atomic mass is 16.2. The lowest BCUT2D eigenvalue weighted by Crippen LogP contribution is -2.63. The monoisotopic (exact) mass is 526 g/mol. The van der Waals surface area contributed by atoms with E-state index in [1.54, 1.807) is 0 Å².